The van der Waals surface area contributed by atoms with Gasteiger partial charge in [-0.25, -0.2) is 4.79 Å². The Hall–Kier alpha value is -1.96. The van der Waals surface area contributed by atoms with E-state index in [1.54, 1.807) is 4.90 Å². The second kappa shape index (κ2) is 6.21. The Balaban J connectivity index is 1.94. The van der Waals surface area contributed by atoms with Gasteiger partial charge in [-0.05, 0) is 31.2 Å². The first-order valence-electron chi connectivity index (χ1n) is 6.53. The molecule has 0 unspecified atom stereocenters. The number of amides is 2. The summed E-state index contributed by atoms with van der Waals surface area (Å²) in [5.74, 6) is -0.323. The second-order valence-electron chi connectivity index (χ2n) is 4.60. The molecule has 0 aromatic heterocycles. The lowest BCUT2D eigenvalue weighted by atomic mass is 10.1. The standard InChI is InChI=1S/C13H16F3N3O2/c1-2-19(10-7-17-8-10)12(20)18-9-3-5-11(6-4-9)21-13(14,15)16/h3-6,10,17H,2,7-8H2,1H3,(H,18,20). The molecule has 0 saturated carbocycles. The molecule has 0 radical (unpaired) electrons. The van der Waals surface area contributed by atoms with Crippen LogP contribution in [0.2, 0.25) is 0 Å². The third-order valence-corrected chi connectivity index (χ3v) is 3.14. The highest BCUT2D eigenvalue weighted by Gasteiger charge is 2.31. The number of likely N-dealkylation sites (N-methyl/N-ethyl adjacent to an activating group) is 1. The first-order chi connectivity index (χ1) is 9.89. The van der Waals surface area contributed by atoms with Gasteiger partial charge in [0, 0.05) is 25.3 Å². The molecule has 1 heterocycles. The van der Waals surface area contributed by atoms with Crippen LogP contribution in [-0.4, -0.2) is 43.0 Å². The van der Waals surface area contributed by atoms with Crippen molar-refractivity contribution < 1.29 is 22.7 Å². The molecule has 5 nitrogen and oxygen atoms in total. The van der Waals surface area contributed by atoms with Crippen LogP contribution in [0, 0.1) is 0 Å². The van der Waals surface area contributed by atoms with Crippen LogP contribution in [0.25, 0.3) is 0 Å². The fourth-order valence-corrected chi connectivity index (χ4v) is 2.00. The largest absolute Gasteiger partial charge is 0.573 e. The zero-order chi connectivity index (χ0) is 15.5. The number of benzene rings is 1. The summed E-state index contributed by atoms with van der Waals surface area (Å²) in [4.78, 5) is 13.7. The summed E-state index contributed by atoms with van der Waals surface area (Å²) in [6, 6.07) is 4.93. The maximum atomic E-state index is 12.1. The van der Waals surface area contributed by atoms with Gasteiger partial charge in [-0.1, -0.05) is 0 Å². The Morgan fingerprint density at radius 1 is 1.38 bits per heavy atom. The number of carbonyl (C=O) groups excluding carboxylic acids is 1. The molecule has 2 amide bonds. The maximum absolute atomic E-state index is 12.1. The van der Waals surface area contributed by atoms with E-state index in [1.165, 1.54) is 12.1 Å². The van der Waals surface area contributed by atoms with Gasteiger partial charge in [-0.2, -0.15) is 0 Å². The molecular weight excluding hydrogens is 287 g/mol. The number of ether oxygens (including phenoxy) is 1. The van der Waals surface area contributed by atoms with Crippen LogP contribution in [0.1, 0.15) is 6.92 Å². The Morgan fingerprint density at radius 3 is 2.43 bits per heavy atom. The molecule has 1 aromatic carbocycles. The molecule has 0 atom stereocenters. The quantitative estimate of drug-likeness (QED) is 0.898. The third-order valence-electron chi connectivity index (χ3n) is 3.14. The number of anilines is 1. The van der Waals surface area contributed by atoms with Gasteiger partial charge >= 0.3 is 12.4 Å². The number of hydrogen-bond acceptors (Lipinski definition) is 3. The van der Waals surface area contributed by atoms with Crippen molar-refractivity contribution in [3.63, 3.8) is 0 Å². The van der Waals surface area contributed by atoms with E-state index >= 15 is 0 Å². The predicted molar refractivity (Wildman–Crippen MR) is 71.2 cm³/mol. The van der Waals surface area contributed by atoms with Gasteiger partial charge in [-0.15, -0.1) is 13.2 Å². The highest BCUT2D eigenvalue weighted by atomic mass is 19.4. The molecule has 1 aliphatic heterocycles. The Kier molecular flexibility index (Phi) is 4.56. The first-order valence-corrected chi connectivity index (χ1v) is 6.53. The van der Waals surface area contributed by atoms with Crippen molar-refractivity contribution >= 4 is 11.7 Å². The summed E-state index contributed by atoms with van der Waals surface area (Å²) < 4.78 is 39.9. The van der Waals surface area contributed by atoms with E-state index in [2.05, 4.69) is 15.4 Å². The highest BCUT2D eigenvalue weighted by molar-refractivity contribution is 5.89. The second-order valence-corrected chi connectivity index (χ2v) is 4.60. The van der Waals surface area contributed by atoms with Crippen LogP contribution in [0.15, 0.2) is 24.3 Å². The van der Waals surface area contributed by atoms with Gasteiger partial charge < -0.3 is 20.3 Å². The number of halogens is 3. The summed E-state index contributed by atoms with van der Waals surface area (Å²) in [5.41, 5.74) is 0.417. The highest BCUT2D eigenvalue weighted by Crippen LogP contribution is 2.24. The lowest BCUT2D eigenvalue weighted by Gasteiger charge is -2.37. The summed E-state index contributed by atoms with van der Waals surface area (Å²) in [6.45, 7) is 3.94. The number of rotatable bonds is 4. The van der Waals surface area contributed by atoms with Gasteiger partial charge in [-0.3, -0.25) is 0 Å². The lowest BCUT2D eigenvalue weighted by Crippen LogP contribution is -2.59. The number of alkyl halides is 3. The topological polar surface area (TPSA) is 53.6 Å². The zero-order valence-electron chi connectivity index (χ0n) is 11.4. The minimum absolute atomic E-state index is 0.155. The van der Waals surface area contributed by atoms with Crippen LogP contribution in [0.3, 0.4) is 0 Å². The molecule has 116 valence electrons. The summed E-state index contributed by atoms with van der Waals surface area (Å²) in [5, 5.41) is 5.73. The average molecular weight is 303 g/mol. The molecule has 2 rings (SSSR count). The van der Waals surface area contributed by atoms with Gasteiger partial charge in [0.15, 0.2) is 0 Å². The zero-order valence-corrected chi connectivity index (χ0v) is 11.4. The maximum Gasteiger partial charge on any atom is 0.573 e. The fourth-order valence-electron chi connectivity index (χ4n) is 2.00. The minimum Gasteiger partial charge on any atom is -0.406 e. The molecule has 1 fully saturated rings. The Morgan fingerprint density at radius 2 is 2.00 bits per heavy atom. The van der Waals surface area contributed by atoms with Crippen LogP contribution in [0.4, 0.5) is 23.7 Å². The monoisotopic (exact) mass is 303 g/mol. The van der Waals surface area contributed by atoms with Crippen LogP contribution in [-0.2, 0) is 0 Å². The number of urea groups is 1. The van der Waals surface area contributed by atoms with E-state index in [-0.39, 0.29) is 17.8 Å². The van der Waals surface area contributed by atoms with E-state index in [9.17, 15) is 18.0 Å². The SMILES string of the molecule is CCN(C(=O)Nc1ccc(OC(F)(F)F)cc1)C1CNC1. The summed E-state index contributed by atoms with van der Waals surface area (Å²) in [6.07, 6.45) is -4.72. The lowest BCUT2D eigenvalue weighted by molar-refractivity contribution is -0.274. The van der Waals surface area contributed by atoms with Crippen molar-refractivity contribution in [1.29, 1.82) is 0 Å². The fraction of sp³-hybridized carbons (Fsp3) is 0.462. The van der Waals surface area contributed by atoms with E-state index in [0.29, 0.717) is 12.2 Å². The number of nitrogens with zero attached hydrogens (tertiary/aromatic N) is 1. The first kappa shape index (κ1) is 15.4. The summed E-state index contributed by atoms with van der Waals surface area (Å²) in [7, 11) is 0. The molecule has 0 spiro atoms. The van der Waals surface area contributed by atoms with E-state index in [4.69, 9.17) is 0 Å². The molecule has 1 saturated heterocycles. The molecule has 8 heteroatoms. The molecule has 1 aliphatic rings. The Bertz CT molecular complexity index is 486. The van der Waals surface area contributed by atoms with Gasteiger partial charge in [0.1, 0.15) is 5.75 Å². The van der Waals surface area contributed by atoms with E-state index in [1.807, 2.05) is 6.92 Å². The number of hydrogen-bond donors (Lipinski definition) is 2. The van der Waals surface area contributed by atoms with Crippen LogP contribution >= 0.6 is 0 Å². The van der Waals surface area contributed by atoms with Crippen molar-refractivity contribution in [1.82, 2.24) is 10.2 Å². The van der Waals surface area contributed by atoms with Crippen molar-refractivity contribution in [2.75, 3.05) is 25.0 Å². The van der Waals surface area contributed by atoms with Crippen molar-refractivity contribution in [2.24, 2.45) is 0 Å². The van der Waals surface area contributed by atoms with Gasteiger partial charge in [0.2, 0.25) is 0 Å². The van der Waals surface area contributed by atoms with E-state index in [0.717, 1.165) is 25.2 Å². The van der Waals surface area contributed by atoms with Gasteiger partial charge in [0.05, 0.1) is 6.04 Å². The molecule has 21 heavy (non-hydrogen) atoms. The molecule has 1 aromatic rings. The number of nitrogens with one attached hydrogen (secondary N) is 2. The third kappa shape index (κ3) is 4.25. The Labute approximate surface area is 120 Å². The average Bonchev–Trinajstić information content (AvgIpc) is 2.34. The van der Waals surface area contributed by atoms with Crippen LogP contribution < -0.4 is 15.4 Å². The molecule has 0 bridgehead atoms. The van der Waals surface area contributed by atoms with E-state index < -0.39 is 6.36 Å². The van der Waals surface area contributed by atoms with Crippen molar-refractivity contribution in [2.45, 2.75) is 19.3 Å². The molecule has 2 N–H and O–H groups in total. The van der Waals surface area contributed by atoms with Gasteiger partial charge in [0.25, 0.3) is 0 Å². The molecule has 0 aliphatic carbocycles. The van der Waals surface area contributed by atoms with Crippen LogP contribution in [0.5, 0.6) is 5.75 Å². The summed E-state index contributed by atoms with van der Waals surface area (Å²) >= 11 is 0. The molecular formula is C13H16F3N3O2. The smallest absolute Gasteiger partial charge is 0.406 e. The predicted octanol–water partition coefficient (Wildman–Crippen LogP) is 2.41. The minimum atomic E-state index is -4.72. The number of carbonyl (C=O) groups is 1. The van der Waals surface area contributed by atoms with Crippen molar-refractivity contribution in [3.05, 3.63) is 24.3 Å². The van der Waals surface area contributed by atoms with Crippen molar-refractivity contribution in [3.8, 4) is 5.75 Å². The normalized spacial score (nSPS) is 15.2.